The van der Waals surface area contributed by atoms with Gasteiger partial charge in [0.1, 0.15) is 0 Å². The van der Waals surface area contributed by atoms with E-state index in [1.165, 1.54) is 19.2 Å². The first-order chi connectivity index (χ1) is 9.95. The number of anilines is 1. The zero-order valence-electron chi connectivity index (χ0n) is 11.7. The molecule has 0 aromatic heterocycles. The van der Waals surface area contributed by atoms with Crippen LogP contribution in [0, 0.1) is 6.92 Å². The van der Waals surface area contributed by atoms with Crippen LogP contribution in [0.3, 0.4) is 0 Å². The molecule has 5 nitrogen and oxygen atoms in total. The van der Waals surface area contributed by atoms with E-state index < -0.39 is 16.0 Å². The van der Waals surface area contributed by atoms with Crippen molar-refractivity contribution in [2.75, 3.05) is 11.8 Å². The first-order valence-electron chi connectivity index (χ1n) is 6.21. The number of benzene rings is 2. The highest BCUT2D eigenvalue weighted by atomic mass is 32.2. The molecule has 0 saturated carbocycles. The monoisotopic (exact) mass is 305 g/mol. The number of nitrogens with one attached hydrogen (secondary N) is 1. The molecule has 0 radical (unpaired) electrons. The molecule has 1 N–H and O–H groups in total. The van der Waals surface area contributed by atoms with Gasteiger partial charge in [-0.25, -0.2) is 13.2 Å². The van der Waals surface area contributed by atoms with Gasteiger partial charge < -0.3 is 4.74 Å². The maximum atomic E-state index is 12.3. The highest BCUT2D eigenvalue weighted by molar-refractivity contribution is 7.92. The van der Waals surface area contributed by atoms with Gasteiger partial charge >= 0.3 is 5.97 Å². The van der Waals surface area contributed by atoms with Crippen LogP contribution >= 0.6 is 0 Å². The Morgan fingerprint density at radius 2 is 1.71 bits per heavy atom. The van der Waals surface area contributed by atoms with Gasteiger partial charge in [0.15, 0.2) is 0 Å². The highest BCUT2D eigenvalue weighted by Gasteiger charge is 2.17. The van der Waals surface area contributed by atoms with E-state index in [-0.39, 0.29) is 4.90 Å². The van der Waals surface area contributed by atoms with Crippen molar-refractivity contribution in [1.29, 1.82) is 0 Å². The van der Waals surface area contributed by atoms with Crippen molar-refractivity contribution in [3.8, 4) is 0 Å². The molecule has 2 aromatic rings. The van der Waals surface area contributed by atoms with Crippen molar-refractivity contribution >= 4 is 21.7 Å². The fraction of sp³-hybridized carbons (Fsp3) is 0.133. The number of sulfonamides is 1. The molecule has 2 aromatic carbocycles. The van der Waals surface area contributed by atoms with E-state index in [0.717, 1.165) is 0 Å². The Bertz CT molecular complexity index is 754. The van der Waals surface area contributed by atoms with Gasteiger partial charge in [0, 0.05) is 0 Å². The largest absolute Gasteiger partial charge is 0.465 e. The summed E-state index contributed by atoms with van der Waals surface area (Å²) in [4.78, 5) is 11.8. The van der Waals surface area contributed by atoms with Crippen LogP contribution in [0.4, 0.5) is 5.69 Å². The molecule has 110 valence electrons. The van der Waals surface area contributed by atoms with Crippen LogP contribution in [0.25, 0.3) is 0 Å². The van der Waals surface area contributed by atoms with Crippen molar-refractivity contribution in [2.45, 2.75) is 11.8 Å². The van der Waals surface area contributed by atoms with Gasteiger partial charge in [-0.15, -0.1) is 0 Å². The minimum atomic E-state index is -3.69. The van der Waals surface area contributed by atoms with Gasteiger partial charge in [0.25, 0.3) is 10.0 Å². The topological polar surface area (TPSA) is 72.5 Å². The Morgan fingerprint density at radius 1 is 1.05 bits per heavy atom. The highest BCUT2D eigenvalue weighted by Crippen LogP contribution is 2.22. The number of hydrogen-bond donors (Lipinski definition) is 1. The van der Waals surface area contributed by atoms with Crippen molar-refractivity contribution in [3.63, 3.8) is 0 Å². The normalized spacial score (nSPS) is 11.0. The molecule has 0 atom stereocenters. The van der Waals surface area contributed by atoms with E-state index in [1.54, 1.807) is 43.3 Å². The van der Waals surface area contributed by atoms with Crippen LogP contribution < -0.4 is 4.72 Å². The molecule has 0 fully saturated rings. The fourth-order valence-electron chi connectivity index (χ4n) is 1.88. The predicted octanol–water partition coefficient (Wildman–Crippen LogP) is 2.58. The average molecular weight is 305 g/mol. The van der Waals surface area contributed by atoms with E-state index in [0.29, 0.717) is 16.8 Å². The molecule has 0 aliphatic rings. The lowest BCUT2D eigenvalue weighted by Gasteiger charge is -2.12. The molecule has 0 heterocycles. The Hall–Kier alpha value is -2.34. The minimum absolute atomic E-state index is 0.160. The van der Waals surface area contributed by atoms with E-state index in [4.69, 9.17) is 0 Å². The molecule has 0 amide bonds. The summed E-state index contributed by atoms with van der Waals surface area (Å²) in [7, 11) is -2.41. The van der Waals surface area contributed by atoms with Crippen LogP contribution in [0.15, 0.2) is 53.4 Å². The minimum Gasteiger partial charge on any atom is -0.465 e. The number of carbonyl (C=O) groups is 1. The summed E-state index contributed by atoms with van der Waals surface area (Å²) < 4.78 is 31.7. The number of rotatable bonds is 4. The molecular weight excluding hydrogens is 290 g/mol. The third-order valence-corrected chi connectivity index (χ3v) is 4.42. The summed E-state index contributed by atoms with van der Waals surface area (Å²) in [5.74, 6) is -0.506. The molecule has 0 unspecified atom stereocenters. The molecule has 0 aliphatic carbocycles. The maximum Gasteiger partial charge on any atom is 0.338 e. The second-order valence-electron chi connectivity index (χ2n) is 4.39. The summed E-state index contributed by atoms with van der Waals surface area (Å²) in [6, 6.07) is 12.8. The van der Waals surface area contributed by atoms with Crippen LogP contribution in [-0.4, -0.2) is 21.5 Å². The summed E-state index contributed by atoms with van der Waals surface area (Å²) in [5.41, 5.74) is 1.19. The number of hydrogen-bond acceptors (Lipinski definition) is 4. The third kappa shape index (κ3) is 3.22. The van der Waals surface area contributed by atoms with Crippen LogP contribution in [-0.2, 0) is 14.8 Å². The number of esters is 1. The number of ether oxygens (including phenoxy) is 1. The molecule has 0 aliphatic heterocycles. The van der Waals surface area contributed by atoms with Gasteiger partial charge in [-0.2, -0.15) is 0 Å². The number of methoxy groups -OCH3 is 1. The van der Waals surface area contributed by atoms with Gasteiger partial charge in [0.05, 0.1) is 23.3 Å². The van der Waals surface area contributed by atoms with Gasteiger partial charge in [-0.05, 0) is 36.8 Å². The van der Waals surface area contributed by atoms with Crippen molar-refractivity contribution in [3.05, 3.63) is 59.7 Å². The zero-order valence-corrected chi connectivity index (χ0v) is 12.5. The quantitative estimate of drug-likeness (QED) is 0.881. The Labute approximate surface area is 123 Å². The van der Waals surface area contributed by atoms with Crippen LogP contribution in [0.5, 0.6) is 0 Å². The second-order valence-corrected chi connectivity index (χ2v) is 6.07. The van der Waals surface area contributed by atoms with Crippen molar-refractivity contribution < 1.29 is 17.9 Å². The summed E-state index contributed by atoms with van der Waals surface area (Å²) in [6.45, 7) is 1.66. The van der Waals surface area contributed by atoms with Gasteiger partial charge in [0.2, 0.25) is 0 Å². The first-order valence-corrected chi connectivity index (χ1v) is 7.70. The molecule has 21 heavy (non-hydrogen) atoms. The van der Waals surface area contributed by atoms with Crippen molar-refractivity contribution in [1.82, 2.24) is 0 Å². The fourth-order valence-corrected chi connectivity index (χ4v) is 3.02. The summed E-state index contributed by atoms with van der Waals surface area (Å²) >= 11 is 0. The molecular formula is C15H15NO4S. The molecule has 0 bridgehead atoms. The van der Waals surface area contributed by atoms with Crippen LogP contribution in [0.2, 0.25) is 0 Å². The molecule has 0 spiro atoms. The van der Waals surface area contributed by atoms with E-state index in [9.17, 15) is 13.2 Å². The molecule has 2 rings (SSSR count). The zero-order chi connectivity index (χ0) is 15.5. The summed E-state index contributed by atoms with van der Waals surface area (Å²) in [5, 5.41) is 0. The Kier molecular flexibility index (Phi) is 4.28. The second kappa shape index (κ2) is 5.97. The van der Waals surface area contributed by atoms with Crippen LogP contribution in [0.1, 0.15) is 15.9 Å². The number of carbonyl (C=O) groups excluding carboxylic acids is 1. The lowest BCUT2D eigenvalue weighted by Crippen LogP contribution is -2.15. The van der Waals surface area contributed by atoms with Gasteiger partial charge in [-0.3, -0.25) is 4.72 Å². The Balaban J connectivity index is 2.39. The van der Waals surface area contributed by atoms with E-state index in [2.05, 4.69) is 9.46 Å². The summed E-state index contributed by atoms with van der Waals surface area (Å²) in [6.07, 6.45) is 0. The predicted molar refractivity (Wildman–Crippen MR) is 79.8 cm³/mol. The molecule has 6 heteroatoms. The Morgan fingerprint density at radius 3 is 2.33 bits per heavy atom. The first kappa shape index (κ1) is 15.1. The smallest absolute Gasteiger partial charge is 0.338 e. The third-order valence-electron chi connectivity index (χ3n) is 3.04. The van der Waals surface area contributed by atoms with E-state index in [1.807, 2.05) is 0 Å². The lowest BCUT2D eigenvalue weighted by molar-refractivity contribution is 0.0600. The molecule has 0 saturated heterocycles. The van der Waals surface area contributed by atoms with Crippen molar-refractivity contribution in [2.24, 2.45) is 0 Å². The van der Waals surface area contributed by atoms with Gasteiger partial charge in [-0.1, -0.05) is 24.3 Å². The van der Waals surface area contributed by atoms with E-state index >= 15 is 0 Å². The standard InChI is InChI=1S/C15H15NO4S/c1-11-13(15(17)20-2)9-6-10-14(11)16-21(18,19)12-7-4-3-5-8-12/h3-10,16H,1-2H3. The SMILES string of the molecule is COC(=O)c1cccc(NS(=O)(=O)c2ccccc2)c1C. The maximum absolute atomic E-state index is 12.3. The average Bonchev–Trinajstić information content (AvgIpc) is 2.49. The lowest BCUT2D eigenvalue weighted by atomic mass is 10.1.